The van der Waals surface area contributed by atoms with E-state index in [4.69, 9.17) is 4.74 Å². The van der Waals surface area contributed by atoms with Crippen LogP contribution in [-0.4, -0.2) is 37.3 Å². The van der Waals surface area contributed by atoms with Crippen molar-refractivity contribution >= 4 is 5.69 Å². The lowest BCUT2D eigenvalue weighted by atomic mass is 9.95. The van der Waals surface area contributed by atoms with Crippen LogP contribution in [0.1, 0.15) is 31.9 Å². The predicted molar refractivity (Wildman–Crippen MR) is 80.9 cm³/mol. The highest BCUT2D eigenvalue weighted by Crippen LogP contribution is 2.25. The van der Waals surface area contributed by atoms with Gasteiger partial charge in [-0.05, 0) is 37.3 Å². The van der Waals surface area contributed by atoms with E-state index in [2.05, 4.69) is 34.3 Å². The molecule has 3 rings (SSSR count). The summed E-state index contributed by atoms with van der Waals surface area (Å²) in [5.41, 5.74) is 2.42. The third-order valence-electron chi connectivity index (χ3n) is 4.51. The van der Waals surface area contributed by atoms with Crippen molar-refractivity contribution < 1.29 is 4.74 Å². The summed E-state index contributed by atoms with van der Waals surface area (Å²) in [5, 5.41) is 3.52. The molecule has 0 aromatic carbocycles. The van der Waals surface area contributed by atoms with Crippen molar-refractivity contribution in [2.24, 2.45) is 5.92 Å². The van der Waals surface area contributed by atoms with Crippen molar-refractivity contribution in [2.75, 3.05) is 25.1 Å². The standard InChI is InChI=1S/C16H25N3O/c1-12-6-8-19(11-16(12)20-2)15-5-7-17-14(9-15)10-18-13-3-4-13/h5,7,9,12-13,16,18H,3-4,6,8,10-11H2,1-2H3. The van der Waals surface area contributed by atoms with Gasteiger partial charge in [-0.1, -0.05) is 6.92 Å². The van der Waals surface area contributed by atoms with Gasteiger partial charge in [-0.25, -0.2) is 0 Å². The number of piperidine rings is 1. The van der Waals surface area contributed by atoms with E-state index in [1.54, 1.807) is 0 Å². The van der Waals surface area contributed by atoms with Gasteiger partial charge in [0, 0.05) is 44.7 Å². The van der Waals surface area contributed by atoms with Gasteiger partial charge in [-0.3, -0.25) is 4.98 Å². The summed E-state index contributed by atoms with van der Waals surface area (Å²) in [6.45, 7) is 5.26. The molecule has 1 aromatic rings. The number of nitrogens with zero attached hydrogens (tertiary/aromatic N) is 2. The molecule has 2 heterocycles. The molecule has 2 atom stereocenters. The molecule has 1 saturated heterocycles. The Hall–Kier alpha value is -1.13. The van der Waals surface area contributed by atoms with Crippen molar-refractivity contribution in [3.63, 3.8) is 0 Å². The van der Waals surface area contributed by atoms with Crippen LogP contribution in [0.5, 0.6) is 0 Å². The highest BCUT2D eigenvalue weighted by molar-refractivity contribution is 5.47. The number of anilines is 1. The normalized spacial score (nSPS) is 26.8. The maximum atomic E-state index is 5.60. The van der Waals surface area contributed by atoms with Gasteiger partial charge in [0.05, 0.1) is 11.8 Å². The zero-order valence-corrected chi connectivity index (χ0v) is 12.5. The molecule has 110 valence electrons. The van der Waals surface area contributed by atoms with Crippen molar-refractivity contribution in [2.45, 2.75) is 44.9 Å². The predicted octanol–water partition coefficient (Wildman–Crippen LogP) is 2.19. The molecule has 2 unspecified atom stereocenters. The van der Waals surface area contributed by atoms with E-state index in [9.17, 15) is 0 Å². The number of nitrogens with one attached hydrogen (secondary N) is 1. The van der Waals surface area contributed by atoms with Gasteiger partial charge in [0.25, 0.3) is 0 Å². The maximum Gasteiger partial charge on any atom is 0.0772 e. The fourth-order valence-corrected chi connectivity index (χ4v) is 2.87. The van der Waals surface area contributed by atoms with E-state index in [0.29, 0.717) is 12.0 Å². The van der Waals surface area contributed by atoms with Crippen molar-refractivity contribution in [3.05, 3.63) is 24.0 Å². The van der Waals surface area contributed by atoms with Crippen LogP contribution < -0.4 is 10.2 Å². The minimum absolute atomic E-state index is 0.338. The molecule has 2 aliphatic rings. The Balaban J connectivity index is 1.64. The number of aromatic nitrogens is 1. The van der Waals surface area contributed by atoms with Crippen molar-refractivity contribution in [1.29, 1.82) is 0 Å². The van der Waals surface area contributed by atoms with E-state index in [1.807, 2.05) is 13.3 Å². The fraction of sp³-hybridized carbons (Fsp3) is 0.688. The summed E-state index contributed by atoms with van der Waals surface area (Å²) in [4.78, 5) is 6.89. The molecule has 1 aliphatic heterocycles. The minimum atomic E-state index is 0.338. The van der Waals surface area contributed by atoms with Crippen LogP contribution in [0.3, 0.4) is 0 Å². The molecule has 2 fully saturated rings. The molecule has 20 heavy (non-hydrogen) atoms. The highest BCUT2D eigenvalue weighted by Gasteiger charge is 2.26. The van der Waals surface area contributed by atoms with Gasteiger partial charge in [0.15, 0.2) is 0 Å². The quantitative estimate of drug-likeness (QED) is 0.894. The molecular formula is C16H25N3O. The van der Waals surface area contributed by atoms with Gasteiger partial charge in [-0.15, -0.1) is 0 Å². The van der Waals surface area contributed by atoms with E-state index < -0.39 is 0 Å². The van der Waals surface area contributed by atoms with Crippen molar-refractivity contribution in [3.8, 4) is 0 Å². The van der Waals surface area contributed by atoms with E-state index in [-0.39, 0.29) is 0 Å². The van der Waals surface area contributed by atoms with Crippen molar-refractivity contribution in [1.82, 2.24) is 10.3 Å². The summed E-state index contributed by atoms with van der Waals surface area (Å²) in [6.07, 6.45) is 6.10. The average Bonchev–Trinajstić information content (AvgIpc) is 3.30. The van der Waals surface area contributed by atoms with Crippen LogP contribution in [-0.2, 0) is 11.3 Å². The monoisotopic (exact) mass is 275 g/mol. The molecule has 0 radical (unpaired) electrons. The molecule has 1 aromatic heterocycles. The first kappa shape index (κ1) is 13.8. The molecule has 1 aliphatic carbocycles. The lowest BCUT2D eigenvalue weighted by Crippen LogP contribution is -2.44. The molecule has 0 amide bonds. The fourth-order valence-electron chi connectivity index (χ4n) is 2.87. The zero-order valence-electron chi connectivity index (χ0n) is 12.5. The SMILES string of the molecule is COC1CN(c2ccnc(CNC3CC3)c2)CCC1C. The first-order valence-electron chi connectivity index (χ1n) is 7.72. The van der Waals surface area contributed by atoms with Crippen LogP contribution in [0.2, 0.25) is 0 Å². The second-order valence-corrected chi connectivity index (χ2v) is 6.15. The Morgan fingerprint density at radius 1 is 1.40 bits per heavy atom. The van der Waals surface area contributed by atoms with Crippen LogP contribution in [0.25, 0.3) is 0 Å². The Labute approximate surface area is 121 Å². The summed E-state index contributed by atoms with van der Waals surface area (Å²) in [7, 11) is 1.82. The average molecular weight is 275 g/mol. The maximum absolute atomic E-state index is 5.60. The Kier molecular flexibility index (Phi) is 4.22. The third kappa shape index (κ3) is 3.30. The van der Waals surface area contributed by atoms with Gasteiger partial charge in [-0.2, -0.15) is 0 Å². The summed E-state index contributed by atoms with van der Waals surface area (Å²) in [5.74, 6) is 0.647. The second-order valence-electron chi connectivity index (χ2n) is 6.15. The van der Waals surface area contributed by atoms with Crippen LogP contribution in [0.15, 0.2) is 18.3 Å². The largest absolute Gasteiger partial charge is 0.379 e. The first-order chi connectivity index (χ1) is 9.76. The van der Waals surface area contributed by atoms with Crippen LogP contribution in [0.4, 0.5) is 5.69 Å². The lowest BCUT2D eigenvalue weighted by molar-refractivity contribution is 0.0498. The Morgan fingerprint density at radius 2 is 2.25 bits per heavy atom. The number of rotatable bonds is 5. The van der Waals surface area contributed by atoms with Gasteiger partial charge >= 0.3 is 0 Å². The third-order valence-corrected chi connectivity index (χ3v) is 4.51. The Bertz CT molecular complexity index is 447. The smallest absolute Gasteiger partial charge is 0.0772 e. The van der Waals surface area contributed by atoms with Gasteiger partial charge < -0.3 is 15.0 Å². The molecule has 1 N–H and O–H groups in total. The number of hydrogen-bond acceptors (Lipinski definition) is 4. The summed E-state index contributed by atoms with van der Waals surface area (Å²) >= 11 is 0. The highest BCUT2D eigenvalue weighted by atomic mass is 16.5. The minimum Gasteiger partial charge on any atom is -0.379 e. The van der Waals surface area contributed by atoms with Crippen LogP contribution >= 0.6 is 0 Å². The first-order valence-corrected chi connectivity index (χ1v) is 7.72. The van der Waals surface area contributed by atoms with Gasteiger partial charge in [0.2, 0.25) is 0 Å². The topological polar surface area (TPSA) is 37.4 Å². The second kappa shape index (κ2) is 6.10. The van der Waals surface area contributed by atoms with E-state index >= 15 is 0 Å². The van der Waals surface area contributed by atoms with E-state index in [1.165, 1.54) is 24.9 Å². The summed E-state index contributed by atoms with van der Waals surface area (Å²) in [6, 6.07) is 5.07. The van der Waals surface area contributed by atoms with Crippen LogP contribution in [0, 0.1) is 5.92 Å². The van der Waals surface area contributed by atoms with E-state index in [0.717, 1.165) is 31.4 Å². The number of methoxy groups -OCH3 is 1. The Morgan fingerprint density at radius 3 is 3.00 bits per heavy atom. The number of pyridine rings is 1. The lowest BCUT2D eigenvalue weighted by Gasteiger charge is -2.37. The van der Waals surface area contributed by atoms with Gasteiger partial charge in [0.1, 0.15) is 0 Å². The number of hydrogen-bond donors (Lipinski definition) is 1. The summed E-state index contributed by atoms with van der Waals surface area (Å²) < 4.78 is 5.60. The molecule has 1 saturated carbocycles. The zero-order chi connectivity index (χ0) is 13.9. The molecule has 4 heteroatoms. The molecular weight excluding hydrogens is 250 g/mol. The number of ether oxygens (including phenoxy) is 1. The molecule has 0 spiro atoms. The molecule has 4 nitrogen and oxygen atoms in total. The molecule has 0 bridgehead atoms.